The van der Waals surface area contributed by atoms with Crippen molar-refractivity contribution in [2.75, 3.05) is 6.54 Å². The average molecular weight is 276 g/mol. The molecule has 1 fully saturated rings. The Morgan fingerprint density at radius 1 is 1.45 bits per heavy atom. The number of nitrogens with two attached hydrogens (primary N) is 1. The van der Waals surface area contributed by atoms with Crippen molar-refractivity contribution in [3.8, 4) is 0 Å². The topological polar surface area (TPSA) is 55.6 Å². The van der Waals surface area contributed by atoms with Crippen LogP contribution < -0.4 is 5.73 Å². The lowest BCUT2D eigenvalue weighted by atomic mass is 9.98. The zero-order valence-corrected chi connectivity index (χ0v) is 12.3. The zero-order valence-electron chi connectivity index (χ0n) is 12.3. The predicted molar refractivity (Wildman–Crippen MR) is 79.1 cm³/mol. The summed E-state index contributed by atoms with van der Waals surface area (Å²) in [4.78, 5) is 14.3. The minimum atomic E-state index is -0.410. The van der Waals surface area contributed by atoms with Gasteiger partial charge in [0.1, 0.15) is 6.10 Å². The van der Waals surface area contributed by atoms with Crippen LogP contribution in [-0.4, -0.2) is 35.5 Å². The van der Waals surface area contributed by atoms with E-state index >= 15 is 0 Å². The van der Waals surface area contributed by atoms with Crippen LogP contribution in [0.1, 0.15) is 32.3 Å². The van der Waals surface area contributed by atoms with Gasteiger partial charge in [-0.1, -0.05) is 30.3 Å². The van der Waals surface area contributed by atoms with Crippen LogP contribution in [0.5, 0.6) is 0 Å². The van der Waals surface area contributed by atoms with Gasteiger partial charge in [0.2, 0.25) is 0 Å². The van der Waals surface area contributed by atoms with E-state index in [0.29, 0.717) is 6.61 Å². The van der Waals surface area contributed by atoms with Crippen molar-refractivity contribution in [1.82, 2.24) is 4.90 Å². The van der Waals surface area contributed by atoms with Crippen molar-refractivity contribution in [2.24, 2.45) is 5.73 Å². The number of carbonyl (C=O) groups excluding carboxylic acids is 1. The standard InChI is InChI=1S/C16H24N2O2/c1-12-10-15(17)8-9-18(12)16(19)13(2)20-11-14-6-4-3-5-7-14/h3-7,12-13,15H,8-11,17H2,1-2H3/t12-,13-,15+/m0/s1. The van der Waals surface area contributed by atoms with E-state index in [1.165, 1.54) is 0 Å². The minimum absolute atomic E-state index is 0.0698. The molecule has 1 aromatic carbocycles. The highest BCUT2D eigenvalue weighted by Gasteiger charge is 2.30. The Hall–Kier alpha value is -1.39. The number of hydrogen-bond donors (Lipinski definition) is 1. The van der Waals surface area contributed by atoms with Gasteiger partial charge in [0.05, 0.1) is 6.61 Å². The molecule has 0 bridgehead atoms. The first-order chi connectivity index (χ1) is 9.58. The van der Waals surface area contributed by atoms with E-state index in [0.717, 1.165) is 24.9 Å². The van der Waals surface area contributed by atoms with Gasteiger partial charge in [-0.2, -0.15) is 0 Å². The summed E-state index contributed by atoms with van der Waals surface area (Å²) in [6.45, 7) is 5.09. The van der Waals surface area contributed by atoms with Crippen molar-refractivity contribution in [1.29, 1.82) is 0 Å². The Labute approximate surface area is 120 Å². The first-order valence-electron chi connectivity index (χ1n) is 7.29. The normalized spacial score (nSPS) is 24.4. The maximum Gasteiger partial charge on any atom is 0.251 e. The summed E-state index contributed by atoms with van der Waals surface area (Å²) in [5, 5.41) is 0. The van der Waals surface area contributed by atoms with Crippen LogP contribution in [0, 0.1) is 0 Å². The number of likely N-dealkylation sites (tertiary alicyclic amines) is 1. The highest BCUT2D eigenvalue weighted by Crippen LogP contribution is 2.18. The van der Waals surface area contributed by atoms with E-state index in [4.69, 9.17) is 10.5 Å². The fraction of sp³-hybridized carbons (Fsp3) is 0.562. The number of nitrogens with zero attached hydrogens (tertiary/aromatic N) is 1. The Balaban J connectivity index is 1.85. The molecule has 0 aromatic heterocycles. The molecular formula is C16H24N2O2. The SMILES string of the molecule is C[C@H](OCc1ccccc1)C(=O)N1CC[C@@H](N)C[C@@H]1C. The van der Waals surface area contributed by atoms with E-state index in [1.807, 2.05) is 42.2 Å². The smallest absolute Gasteiger partial charge is 0.251 e. The molecule has 2 N–H and O–H groups in total. The summed E-state index contributed by atoms with van der Waals surface area (Å²) < 4.78 is 5.70. The maximum absolute atomic E-state index is 12.4. The van der Waals surface area contributed by atoms with Crippen molar-refractivity contribution < 1.29 is 9.53 Å². The number of carbonyl (C=O) groups is 1. The summed E-state index contributed by atoms with van der Waals surface area (Å²) >= 11 is 0. The van der Waals surface area contributed by atoms with E-state index < -0.39 is 6.10 Å². The van der Waals surface area contributed by atoms with Crippen molar-refractivity contribution >= 4 is 5.91 Å². The average Bonchev–Trinajstić information content (AvgIpc) is 2.45. The molecule has 0 spiro atoms. The molecule has 3 atom stereocenters. The summed E-state index contributed by atoms with van der Waals surface area (Å²) in [7, 11) is 0. The van der Waals surface area contributed by atoms with Crippen LogP contribution in [0.15, 0.2) is 30.3 Å². The summed E-state index contributed by atoms with van der Waals surface area (Å²) in [5.41, 5.74) is 7.01. The molecule has 0 radical (unpaired) electrons. The second-order valence-corrected chi connectivity index (χ2v) is 5.60. The molecule has 20 heavy (non-hydrogen) atoms. The zero-order chi connectivity index (χ0) is 14.5. The van der Waals surface area contributed by atoms with E-state index in [1.54, 1.807) is 0 Å². The number of benzene rings is 1. The molecule has 1 amide bonds. The van der Waals surface area contributed by atoms with Gasteiger partial charge in [-0.15, -0.1) is 0 Å². The lowest BCUT2D eigenvalue weighted by Crippen LogP contribution is -2.51. The summed E-state index contributed by atoms with van der Waals surface area (Å²) in [6.07, 6.45) is 1.34. The van der Waals surface area contributed by atoms with Gasteiger partial charge in [-0.25, -0.2) is 0 Å². The minimum Gasteiger partial charge on any atom is -0.364 e. The number of piperidine rings is 1. The van der Waals surface area contributed by atoms with E-state index in [9.17, 15) is 4.79 Å². The first-order valence-corrected chi connectivity index (χ1v) is 7.29. The van der Waals surface area contributed by atoms with Gasteiger partial charge >= 0.3 is 0 Å². The highest BCUT2D eigenvalue weighted by atomic mass is 16.5. The molecule has 0 unspecified atom stereocenters. The molecule has 2 rings (SSSR count). The molecule has 0 saturated carbocycles. The van der Waals surface area contributed by atoms with Crippen LogP contribution in [0.4, 0.5) is 0 Å². The second kappa shape index (κ2) is 6.86. The van der Waals surface area contributed by atoms with Gasteiger partial charge in [0.15, 0.2) is 0 Å². The molecule has 1 aliphatic heterocycles. The van der Waals surface area contributed by atoms with Crippen LogP contribution in [0.3, 0.4) is 0 Å². The third kappa shape index (κ3) is 3.81. The molecule has 1 saturated heterocycles. The predicted octanol–water partition coefficient (Wildman–Crippen LogP) is 1.93. The molecule has 4 heteroatoms. The largest absolute Gasteiger partial charge is 0.364 e. The monoisotopic (exact) mass is 276 g/mol. The number of rotatable bonds is 4. The Kier molecular flexibility index (Phi) is 5.15. The van der Waals surface area contributed by atoms with Gasteiger partial charge in [-0.3, -0.25) is 4.79 Å². The molecule has 1 aromatic rings. The van der Waals surface area contributed by atoms with Crippen molar-refractivity contribution in [2.45, 2.75) is 51.5 Å². The van der Waals surface area contributed by atoms with Gasteiger partial charge in [0.25, 0.3) is 5.91 Å². The highest BCUT2D eigenvalue weighted by molar-refractivity contribution is 5.81. The summed E-state index contributed by atoms with van der Waals surface area (Å²) in [5.74, 6) is 0.0698. The van der Waals surface area contributed by atoms with Crippen LogP contribution >= 0.6 is 0 Å². The van der Waals surface area contributed by atoms with Crippen LogP contribution in [-0.2, 0) is 16.1 Å². The Morgan fingerprint density at radius 2 is 2.15 bits per heavy atom. The molecule has 1 heterocycles. The van der Waals surface area contributed by atoms with Crippen molar-refractivity contribution in [3.05, 3.63) is 35.9 Å². The van der Waals surface area contributed by atoms with Crippen molar-refractivity contribution in [3.63, 3.8) is 0 Å². The van der Waals surface area contributed by atoms with Gasteiger partial charge in [-0.05, 0) is 32.3 Å². The third-order valence-electron chi connectivity index (χ3n) is 3.89. The van der Waals surface area contributed by atoms with Crippen LogP contribution in [0.25, 0.3) is 0 Å². The quantitative estimate of drug-likeness (QED) is 0.914. The fourth-order valence-corrected chi connectivity index (χ4v) is 2.64. The molecular weight excluding hydrogens is 252 g/mol. The number of amides is 1. The Bertz CT molecular complexity index is 435. The van der Waals surface area contributed by atoms with E-state index in [-0.39, 0.29) is 18.0 Å². The first kappa shape index (κ1) is 15.0. The Morgan fingerprint density at radius 3 is 2.80 bits per heavy atom. The number of ether oxygens (including phenoxy) is 1. The maximum atomic E-state index is 12.4. The molecule has 110 valence electrons. The van der Waals surface area contributed by atoms with E-state index in [2.05, 4.69) is 6.92 Å². The second-order valence-electron chi connectivity index (χ2n) is 5.60. The lowest BCUT2D eigenvalue weighted by Gasteiger charge is -2.37. The molecule has 0 aliphatic carbocycles. The van der Waals surface area contributed by atoms with Gasteiger partial charge < -0.3 is 15.4 Å². The van der Waals surface area contributed by atoms with Gasteiger partial charge in [0, 0.05) is 18.6 Å². The third-order valence-corrected chi connectivity index (χ3v) is 3.89. The molecule has 1 aliphatic rings. The van der Waals surface area contributed by atoms with Crippen LogP contribution in [0.2, 0.25) is 0 Å². The summed E-state index contributed by atoms with van der Waals surface area (Å²) in [6, 6.07) is 10.3. The fourth-order valence-electron chi connectivity index (χ4n) is 2.64. The molecule has 4 nitrogen and oxygen atoms in total. The number of hydrogen-bond acceptors (Lipinski definition) is 3. The lowest BCUT2D eigenvalue weighted by molar-refractivity contribution is -0.147.